The highest BCUT2D eigenvalue weighted by Crippen LogP contribution is 2.34. The van der Waals surface area contributed by atoms with Gasteiger partial charge in [0.15, 0.2) is 0 Å². The fraction of sp³-hybridized carbons (Fsp3) is 0.333. The van der Waals surface area contributed by atoms with Crippen LogP contribution in [0.15, 0.2) is 28.7 Å². The molecule has 1 aliphatic heterocycles. The zero-order chi connectivity index (χ0) is 14.8. The Morgan fingerprint density at radius 1 is 1.38 bits per heavy atom. The molecule has 1 aromatic carbocycles. The van der Waals surface area contributed by atoms with Crippen LogP contribution < -0.4 is 15.2 Å². The lowest BCUT2D eigenvalue weighted by atomic mass is 10.0. The molecule has 1 unspecified atom stereocenters. The predicted octanol–water partition coefficient (Wildman–Crippen LogP) is 2.43. The van der Waals surface area contributed by atoms with Crippen molar-refractivity contribution in [2.24, 2.45) is 5.73 Å². The van der Waals surface area contributed by atoms with Crippen LogP contribution in [-0.2, 0) is 12.8 Å². The first-order valence-electron chi connectivity index (χ1n) is 6.74. The van der Waals surface area contributed by atoms with E-state index in [1.165, 1.54) is 5.56 Å². The maximum absolute atomic E-state index is 6.25. The van der Waals surface area contributed by atoms with Crippen molar-refractivity contribution in [1.82, 2.24) is 10.2 Å². The topological polar surface area (TPSA) is 70.3 Å². The van der Waals surface area contributed by atoms with Gasteiger partial charge >= 0.3 is 0 Å². The summed E-state index contributed by atoms with van der Waals surface area (Å²) in [6, 6.07) is 7.54. The Labute approximate surface area is 131 Å². The van der Waals surface area contributed by atoms with Gasteiger partial charge < -0.3 is 15.2 Å². The van der Waals surface area contributed by atoms with Crippen LogP contribution in [0.3, 0.4) is 0 Å². The monoisotopic (exact) mass is 349 g/mol. The largest absolute Gasteiger partial charge is 0.493 e. The Balaban J connectivity index is 1.82. The third-order valence-corrected chi connectivity index (χ3v) is 3.97. The smallest absolute Gasteiger partial charge is 0.233 e. The summed E-state index contributed by atoms with van der Waals surface area (Å²) in [6.45, 7) is 0.733. The maximum atomic E-state index is 6.25. The van der Waals surface area contributed by atoms with Crippen LogP contribution in [0.1, 0.15) is 22.9 Å². The lowest BCUT2D eigenvalue weighted by molar-refractivity contribution is 0.352. The first kappa shape index (κ1) is 14.3. The number of benzene rings is 1. The SMILES string of the molecule is COc1ccc(C(N)Cc2cc(Br)cc3c2OCC3)nn1. The van der Waals surface area contributed by atoms with Gasteiger partial charge in [-0.2, -0.15) is 5.10 Å². The molecule has 0 saturated carbocycles. The van der Waals surface area contributed by atoms with E-state index < -0.39 is 0 Å². The van der Waals surface area contributed by atoms with E-state index in [0.29, 0.717) is 12.3 Å². The number of methoxy groups -OCH3 is 1. The van der Waals surface area contributed by atoms with Crippen molar-refractivity contribution >= 4 is 15.9 Å². The summed E-state index contributed by atoms with van der Waals surface area (Å²) in [4.78, 5) is 0. The molecule has 0 bridgehead atoms. The number of nitrogens with zero attached hydrogens (tertiary/aromatic N) is 2. The fourth-order valence-corrected chi connectivity index (χ4v) is 3.03. The Kier molecular flexibility index (Phi) is 4.07. The first-order chi connectivity index (χ1) is 10.2. The molecular formula is C15H16BrN3O2. The molecule has 6 heteroatoms. The minimum Gasteiger partial charge on any atom is -0.493 e. The van der Waals surface area contributed by atoms with Crippen LogP contribution in [-0.4, -0.2) is 23.9 Å². The van der Waals surface area contributed by atoms with E-state index in [4.69, 9.17) is 15.2 Å². The van der Waals surface area contributed by atoms with E-state index in [1.807, 2.05) is 6.07 Å². The molecule has 1 atom stereocenters. The third-order valence-electron chi connectivity index (χ3n) is 3.51. The second kappa shape index (κ2) is 5.99. The molecule has 3 rings (SSSR count). The number of hydrogen-bond acceptors (Lipinski definition) is 5. The Morgan fingerprint density at radius 2 is 2.24 bits per heavy atom. The van der Waals surface area contributed by atoms with Crippen molar-refractivity contribution in [3.05, 3.63) is 45.6 Å². The molecule has 0 radical (unpaired) electrons. The maximum Gasteiger partial charge on any atom is 0.233 e. The van der Waals surface area contributed by atoms with Gasteiger partial charge in [0.1, 0.15) is 5.75 Å². The van der Waals surface area contributed by atoms with Gasteiger partial charge in [-0.05, 0) is 35.7 Å². The van der Waals surface area contributed by atoms with Crippen molar-refractivity contribution < 1.29 is 9.47 Å². The van der Waals surface area contributed by atoms with Gasteiger partial charge in [0.2, 0.25) is 5.88 Å². The molecule has 0 amide bonds. The Morgan fingerprint density at radius 3 is 2.95 bits per heavy atom. The molecule has 2 N–H and O–H groups in total. The van der Waals surface area contributed by atoms with Gasteiger partial charge in [-0.3, -0.25) is 0 Å². The number of hydrogen-bond donors (Lipinski definition) is 1. The van der Waals surface area contributed by atoms with E-state index in [2.05, 4.69) is 38.3 Å². The van der Waals surface area contributed by atoms with E-state index in [0.717, 1.165) is 34.5 Å². The molecule has 21 heavy (non-hydrogen) atoms. The average Bonchev–Trinajstić information content (AvgIpc) is 2.95. The summed E-state index contributed by atoms with van der Waals surface area (Å²) < 4.78 is 11.8. The van der Waals surface area contributed by atoms with Crippen molar-refractivity contribution in [2.45, 2.75) is 18.9 Å². The second-order valence-electron chi connectivity index (χ2n) is 4.96. The Hall–Kier alpha value is -1.66. The highest BCUT2D eigenvalue weighted by molar-refractivity contribution is 9.10. The Bertz CT molecular complexity index is 646. The first-order valence-corrected chi connectivity index (χ1v) is 7.54. The molecule has 1 aliphatic rings. The molecule has 110 valence electrons. The van der Waals surface area contributed by atoms with E-state index >= 15 is 0 Å². The van der Waals surface area contributed by atoms with Crippen LogP contribution >= 0.6 is 15.9 Å². The highest BCUT2D eigenvalue weighted by atomic mass is 79.9. The van der Waals surface area contributed by atoms with Gasteiger partial charge in [-0.1, -0.05) is 15.9 Å². The number of ether oxygens (including phenoxy) is 2. The van der Waals surface area contributed by atoms with Crippen molar-refractivity contribution in [1.29, 1.82) is 0 Å². The fourth-order valence-electron chi connectivity index (χ4n) is 2.48. The van der Waals surface area contributed by atoms with Crippen LogP contribution in [0.4, 0.5) is 0 Å². The number of halogens is 1. The van der Waals surface area contributed by atoms with Gasteiger partial charge in [0.05, 0.1) is 25.5 Å². The minimum absolute atomic E-state index is 0.231. The van der Waals surface area contributed by atoms with Gasteiger partial charge in [0, 0.05) is 17.0 Å². The second-order valence-corrected chi connectivity index (χ2v) is 5.88. The zero-order valence-corrected chi connectivity index (χ0v) is 13.3. The van der Waals surface area contributed by atoms with Crippen molar-refractivity contribution in [3.63, 3.8) is 0 Å². The third kappa shape index (κ3) is 3.01. The molecule has 1 aromatic heterocycles. The van der Waals surface area contributed by atoms with Crippen LogP contribution in [0.2, 0.25) is 0 Å². The van der Waals surface area contributed by atoms with Gasteiger partial charge in [-0.15, -0.1) is 5.10 Å². The summed E-state index contributed by atoms with van der Waals surface area (Å²) in [5.74, 6) is 1.45. The van der Waals surface area contributed by atoms with E-state index in [-0.39, 0.29) is 6.04 Å². The molecule has 0 aliphatic carbocycles. The van der Waals surface area contributed by atoms with Crippen LogP contribution in [0.25, 0.3) is 0 Å². The number of nitrogens with two attached hydrogens (primary N) is 1. The summed E-state index contributed by atoms with van der Waals surface area (Å²) in [7, 11) is 1.56. The van der Waals surface area contributed by atoms with Gasteiger partial charge in [0.25, 0.3) is 0 Å². The van der Waals surface area contributed by atoms with E-state index in [9.17, 15) is 0 Å². The molecule has 5 nitrogen and oxygen atoms in total. The molecule has 2 aromatic rings. The molecule has 0 saturated heterocycles. The van der Waals surface area contributed by atoms with Gasteiger partial charge in [-0.25, -0.2) is 0 Å². The quantitative estimate of drug-likeness (QED) is 0.917. The normalized spacial score (nSPS) is 14.4. The summed E-state index contributed by atoms with van der Waals surface area (Å²) >= 11 is 3.54. The molecular weight excluding hydrogens is 334 g/mol. The number of aromatic nitrogens is 2. The number of rotatable bonds is 4. The van der Waals surface area contributed by atoms with E-state index in [1.54, 1.807) is 13.2 Å². The lowest BCUT2D eigenvalue weighted by Crippen LogP contribution is -2.16. The molecule has 2 heterocycles. The van der Waals surface area contributed by atoms with Crippen molar-refractivity contribution in [2.75, 3.05) is 13.7 Å². The highest BCUT2D eigenvalue weighted by Gasteiger charge is 2.20. The summed E-state index contributed by atoms with van der Waals surface area (Å²) in [5.41, 5.74) is 9.32. The van der Waals surface area contributed by atoms with Crippen LogP contribution in [0, 0.1) is 0 Å². The minimum atomic E-state index is -0.231. The summed E-state index contributed by atoms with van der Waals surface area (Å²) in [6.07, 6.45) is 1.60. The number of fused-ring (bicyclic) bond motifs is 1. The standard InChI is InChI=1S/C15H16BrN3O2/c1-20-14-3-2-13(18-19-14)12(17)8-10-7-11(16)6-9-4-5-21-15(9)10/h2-3,6-7,12H,4-5,8,17H2,1H3. The molecule has 0 spiro atoms. The summed E-state index contributed by atoms with van der Waals surface area (Å²) in [5, 5.41) is 8.07. The van der Waals surface area contributed by atoms with Crippen LogP contribution in [0.5, 0.6) is 11.6 Å². The lowest BCUT2D eigenvalue weighted by Gasteiger charge is -2.14. The zero-order valence-electron chi connectivity index (χ0n) is 11.7. The molecule has 0 fully saturated rings. The predicted molar refractivity (Wildman–Crippen MR) is 82.6 cm³/mol. The average molecular weight is 350 g/mol. The van der Waals surface area contributed by atoms with Crippen molar-refractivity contribution in [3.8, 4) is 11.6 Å².